The van der Waals surface area contributed by atoms with Gasteiger partial charge in [0.05, 0.1) is 0 Å². The predicted octanol–water partition coefficient (Wildman–Crippen LogP) is 3.46. The maximum absolute atomic E-state index is 6.20. The zero-order valence-corrected chi connectivity index (χ0v) is 10.8. The van der Waals surface area contributed by atoms with Crippen LogP contribution in [0.25, 0.3) is 0 Å². The summed E-state index contributed by atoms with van der Waals surface area (Å²) in [5.74, 6) is 1.56. The van der Waals surface area contributed by atoms with Gasteiger partial charge >= 0.3 is 0 Å². The quantitative estimate of drug-likeness (QED) is 0.738. The zero-order valence-electron chi connectivity index (χ0n) is 10.1. The molecule has 0 bridgehead atoms. The highest BCUT2D eigenvalue weighted by atomic mass is 35.5. The Morgan fingerprint density at radius 2 is 1.53 bits per heavy atom. The number of aryl methyl sites for hydroxylation is 2. The molecule has 3 heteroatoms. The van der Waals surface area contributed by atoms with E-state index in [2.05, 4.69) is 23.8 Å². The van der Waals surface area contributed by atoms with Crippen LogP contribution >= 0.6 is 11.6 Å². The van der Waals surface area contributed by atoms with Crippen molar-refractivity contribution in [3.05, 3.63) is 23.3 Å². The van der Waals surface area contributed by atoms with E-state index in [1.165, 1.54) is 0 Å². The molecule has 84 valence electrons. The number of rotatable bonds is 3. The Hall–Kier alpha value is -0.630. The first kappa shape index (κ1) is 12.4. The minimum absolute atomic E-state index is 0.0613. The van der Waals surface area contributed by atoms with E-state index < -0.39 is 0 Å². The second-order valence-corrected chi connectivity index (χ2v) is 5.14. The van der Waals surface area contributed by atoms with E-state index >= 15 is 0 Å². The third-order valence-corrected chi connectivity index (χ3v) is 2.78. The van der Waals surface area contributed by atoms with Crippen LogP contribution in [0.1, 0.15) is 43.9 Å². The molecule has 0 saturated carbocycles. The average molecular weight is 227 g/mol. The fraction of sp³-hybridized carbons (Fsp3) is 0.667. The Balaban J connectivity index is 3.11. The second kappa shape index (κ2) is 4.93. The van der Waals surface area contributed by atoms with Crippen LogP contribution in [0.2, 0.25) is 0 Å². The summed E-state index contributed by atoms with van der Waals surface area (Å²) in [5, 5.41) is 0.0613. The lowest BCUT2D eigenvalue weighted by Crippen LogP contribution is -2.19. The minimum Gasteiger partial charge on any atom is -0.238 e. The van der Waals surface area contributed by atoms with Gasteiger partial charge in [0, 0.05) is 22.7 Å². The van der Waals surface area contributed by atoms with Crippen molar-refractivity contribution in [1.29, 1.82) is 0 Å². The van der Waals surface area contributed by atoms with Crippen molar-refractivity contribution in [3.63, 3.8) is 0 Å². The van der Waals surface area contributed by atoms with Crippen LogP contribution in [-0.2, 0) is 0 Å². The molecule has 2 atom stereocenters. The van der Waals surface area contributed by atoms with Gasteiger partial charge in [0.1, 0.15) is 5.82 Å². The minimum atomic E-state index is 0.0613. The van der Waals surface area contributed by atoms with Crippen molar-refractivity contribution in [2.45, 2.75) is 45.9 Å². The molecule has 0 aliphatic carbocycles. The summed E-state index contributed by atoms with van der Waals surface area (Å²) >= 11 is 6.20. The molecule has 0 radical (unpaired) electrons. The van der Waals surface area contributed by atoms with Gasteiger partial charge in [0.2, 0.25) is 0 Å². The molecule has 0 saturated heterocycles. The van der Waals surface area contributed by atoms with Crippen LogP contribution in [0.15, 0.2) is 6.07 Å². The smallest absolute Gasteiger partial charge is 0.133 e. The number of hydrogen-bond acceptors (Lipinski definition) is 2. The average Bonchev–Trinajstić information content (AvgIpc) is 1.99. The van der Waals surface area contributed by atoms with Gasteiger partial charge in [-0.3, -0.25) is 0 Å². The molecule has 0 fully saturated rings. The lowest BCUT2D eigenvalue weighted by atomic mass is 9.92. The van der Waals surface area contributed by atoms with Crippen LogP contribution in [0.3, 0.4) is 0 Å². The molecular weight excluding hydrogens is 208 g/mol. The van der Waals surface area contributed by atoms with E-state index in [9.17, 15) is 0 Å². The van der Waals surface area contributed by atoms with Crippen molar-refractivity contribution >= 4 is 11.6 Å². The van der Waals surface area contributed by atoms with Crippen molar-refractivity contribution < 1.29 is 0 Å². The van der Waals surface area contributed by atoms with Crippen molar-refractivity contribution in [2.75, 3.05) is 0 Å². The molecule has 0 N–H and O–H groups in total. The van der Waals surface area contributed by atoms with Crippen LogP contribution in [0.5, 0.6) is 0 Å². The van der Waals surface area contributed by atoms with E-state index in [0.717, 1.165) is 17.2 Å². The normalized spacial score (nSPS) is 15.4. The number of hydrogen-bond donors (Lipinski definition) is 0. The first-order valence-electron chi connectivity index (χ1n) is 5.38. The van der Waals surface area contributed by atoms with Gasteiger partial charge in [-0.2, -0.15) is 0 Å². The highest BCUT2D eigenvalue weighted by Crippen LogP contribution is 2.28. The standard InChI is InChI=1S/C12H19ClN2/c1-7(2)11(10(5)13)12-14-8(3)6-9(4)15-12/h6-7,10-11H,1-5H3. The first-order chi connectivity index (χ1) is 6.91. The first-order valence-corrected chi connectivity index (χ1v) is 5.81. The molecule has 0 amide bonds. The molecule has 1 heterocycles. The lowest BCUT2D eigenvalue weighted by molar-refractivity contribution is 0.466. The molecule has 0 spiro atoms. The molecule has 2 unspecified atom stereocenters. The summed E-state index contributed by atoms with van der Waals surface area (Å²) in [7, 11) is 0. The lowest BCUT2D eigenvalue weighted by Gasteiger charge is -2.22. The Morgan fingerprint density at radius 3 is 1.87 bits per heavy atom. The fourth-order valence-corrected chi connectivity index (χ4v) is 2.34. The number of halogens is 1. The monoisotopic (exact) mass is 226 g/mol. The van der Waals surface area contributed by atoms with Crippen LogP contribution in [0.4, 0.5) is 0 Å². The molecule has 0 aliphatic rings. The van der Waals surface area contributed by atoms with Crippen molar-refractivity contribution in [1.82, 2.24) is 9.97 Å². The molecule has 1 aromatic rings. The van der Waals surface area contributed by atoms with Gasteiger partial charge in [-0.1, -0.05) is 13.8 Å². The molecular formula is C12H19ClN2. The van der Waals surface area contributed by atoms with Gasteiger partial charge < -0.3 is 0 Å². The summed E-state index contributed by atoms with van der Waals surface area (Å²) in [4.78, 5) is 8.96. The highest BCUT2D eigenvalue weighted by molar-refractivity contribution is 6.20. The highest BCUT2D eigenvalue weighted by Gasteiger charge is 2.24. The fourth-order valence-electron chi connectivity index (χ4n) is 1.94. The van der Waals surface area contributed by atoms with E-state index in [1.54, 1.807) is 0 Å². The van der Waals surface area contributed by atoms with Gasteiger partial charge in [-0.15, -0.1) is 11.6 Å². The van der Waals surface area contributed by atoms with Gasteiger partial charge in [0.25, 0.3) is 0 Å². The van der Waals surface area contributed by atoms with Crippen LogP contribution in [0, 0.1) is 19.8 Å². The Morgan fingerprint density at radius 1 is 1.07 bits per heavy atom. The van der Waals surface area contributed by atoms with E-state index in [0.29, 0.717) is 5.92 Å². The summed E-state index contributed by atoms with van der Waals surface area (Å²) in [6.45, 7) is 10.3. The van der Waals surface area contributed by atoms with Gasteiger partial charge in [0.15, 0.2) is 0 Å². The third-order valence-electron chi connectivity index (χ3n) is 2.51. The predicted molar refractivity (Wildman–Crippen MR) is 64.4 cm³/mol. The number of nitrogens with zero attached hydrogens (tertiary/aromatic N) is 2. The second-order valence-electron chi connectivity index (χ2n) is 4.46. The van der Waals surface area contributed by atoms with Gasteiger partial charge in [-0.05, 0) is 32.8 Å². The van der Waals surface area contributed by atoms with Crippen LogP contribution in [-0.4, -0.2) is 15.3 Å². The van der Waals surface area contributed by atoms with E-state index in [1.807, 2.05) is 26.8 Å². The number of alkyl halides is 1. The largest absolute Gasteiger partial charge is 0.238 e. The zero-order chi connectivity index (χ0) is 11.6. The Bertz CT molecular complexity index is 306. The summed E-state index contributed by atoms with van der Waals surface area (Å²) < 4.78 is 0. The Kier molecular flexibility index (Phi) is 4.09. The maximum atomic E-state index is 6.20. The molecule has 1 aromatic heterocycles. The molecule has 15 heavy (non-hydrogen) atoms. The van der Waals surface area contributed by atoms with E-state index in [-0.39, 0.29) is 11.3 Å². The topological polar surface area (TPSA) is 25.8 Å². The number of aromatic nitrogens is 2. The molecule has 0 aromatic carbocycles. The third kappa shape index (κ3) is 3.16. The maximum Gasteiger partial charge on any atom is 0.133 e. The van der Waals surface area contributed by atoms with Crippen molar-refractivity contribution in [2.24, 2.45) is 5.92 Å². The van der Waals surface area contributed by atoms with Crippen molar-refractivity contribution in [3.8, 4) is 0 Å². The molecule has 2 nitrogen and oxygen atoms in total. The Labute approximate surface area is 97.1 Å². The molecule has 1 rings (SSSR count). The summed E-state index contributed by atoms with van der Waals surface area (Å²) in [5.41, 5.74) is 2.03. The summed E-state index contributed by atoms with van der Waals surface area (Å²) in [6, 6.07) is 1.99. The molecule has 0 aliphatic heterocycles. The summed E-state index contributed by atoms with van der Waals surface area (Å²) in [6.07, 6.45) is 0. The van der Waals surface area contributed by atoms with Gasteiger partial charge in [-0.25, -0.2) is 9.97 Å². The van der Waals surface area contributed by atoms with E-state index in [4.69, 9.17) is 11.6 Å². The van der Waals surface area contributed by atoms with Crippen LogP contribution < -0.4 is 0 Å². The SMILES string of the molecule is Cc1cc(C)nc(C(C(C)C)C(C)Cl)n1.